The first kappa shape index (κ1) is 63.1. The average molecular weight is 979 g/mol. The smallest absolute Gasteiger partial charge is 0.306 e. The van der Waals surface area contributed by atoms with Gasteiger partial charge in [-0.05, 0) is 83.5 Å². The van der Waals surface area contributed by atoms with Crippen LogP contribution in [0.2, 0.25) is 0 Å². The molecule has 1 heterocycles. The van der Waals surface area contributed by atoms with Crippen molar-refractivity contribution in [2.75, 3.05) is 19.0 Å². The second-order valence-corrected chi connectivity index (χ2v) is 19.7. The lowest BCUT2D eigenvalue weighted by Crippen LogP contribution is -2.60. The predicted octanol–water partition coefficient (Wildman–Crippen LogP) is 12.2. The summed E-state index contributed by atoms with van der Waals surface area (Å²) < 4.78 is 54.2. The number of hydrogen-bond donors (Lipinski definition) is 4. The van der Waals surface area contributed by atoms with Crippen molar-refractivity contribution in [3.8, 4) is 0 Å². The Hall–Kier alpha value is -2.91. The standard InChI is InChI=1S/C55H94O12S/c1-3-5-7-9-11-13-15-17-19-21-23-24-26-27-29-31-33-35-37-39-41-43-50(56)64-45-48(46-65-55-54(60)53(59)52(58)49(67-55)47-68(61,62)63)66-51(57)44-42-40-38-36-34-32-30-28-25-22-20-18-16-14-12-10-8-6-4-2/h6,8,12,14,18,20-21,23,25,28,32,34,48-49,52-55,58-60H,3-5,7,9-11,13,15-17,19,22,24,26-27,29-31,33,35-47H2,1-2H3,(H,61,62,63)/b8-6-,14-12-,20-18-,23-21-,28-25-,34-32-. The van der Waals surface area contributed by atoms with E-state index in [9.17, 15) is 37.9 Å². The number of carbonyl (C=O) groups is 2. The van der Waals surface area contributed by atoms with E-state index in [0.29, 0.717) is 12.8 Å². The maximum Gasteiger partial charge on any atom is 0.306 e. The maximum atomic E-state index is 12.9. The minimum absolute atomic E-state index is 0.122. The Kier molecular flexibility index (Phi) is 40.9. The summed E-state index contributed by atoms with van der Waals surface area (Å²) in [6.07, 6.45) is 48.0. The largest absolute Gasteiger partial charge is 0.462 e. The van der Waals surface area contributed by atoms with Crippen LogP contribution in [0.25, 0.3) is 0 Å². The average Bonchev–Trinajstić information content (AvgIpc) is 3.31. The van der Waals surface area contributed by atoms with Gasteiger partial charge in [-0.25, -0.2) is 0 Å². The van der Waals surface area contributed by atoms with Crippen LogP contribution in [0.1, 0.15) is 206 Å². The molecule has 1 fully saturated rings. The third-order valence-corrected chi connectivity index (χ3v) is 12.5. The Morgan fingerprint density at radius 1 is 0.515 bits per heavy atom. The van der Waals surface area contributed by atoms with Crippen molar-refractivity contribution in [3.05, 3.63) is 72.9 Å². The fourth-order valence-electron chi connectivity index (χ4n) is 7.70. The van der Waals surface area contributed by atoms with Crippen molar-refractivity contribution in [3.63, 3.8) is 0 Å². The summed E-state index contributed by atoms with van der Waals surface area (Å²) in [6, 6.07) is 0. The third kappa shape index (κ3) is 37.9. The highest BCUT2D eigenvalue weighted by Gasteiger charge is 2.46. The Bertz CT molecular complexity index is 1520. The molecule has 13 heteroatoms. The molecule has 0 amide bonds. The molecule has 1 aliphatic rings. The van der Waals surface area contributed by atoms with E-state index in [1.165, 1.54) is 96.3 Å². The number of ether oxygens (including phenoxy) is 4. The van der Waals surface area contributed by atoms with Crippen molar-refractivity contribution >= 4 is 22.1 Å². The van der Waals surface area contributed by atoms with Gasteiger partial charge in [0, 0.05) is 12.8 Å². The van der Waals surface area contributed by atoms with E-state index >= 15 is 0 Å². The number of carbonyl (C=O) groups excluding carboxylic acids is 2. The topological polar surface area (TPSA) is 186 Å². The maximum absolute atomic E-state index is 12.9. The van der Waals surface area contributed by atoms with Gasteiger partial charge < -0.3 is 34.3 Å². The van der Waals surface area contributed by atoms with E-state index in [1.54, 1.807) is 0 Å². The van der Waals surface area contributed by atoms with Crippen LogP contribution in [0.15, 0.2) is 72.9 Å². The fraction of sp³-hybridized carbons (Fsp3) is 0.745. The molecular weight excluding hydrogens is 885 g/mol. The van der Waals surface area contributed by atoms with E-state index in [-0.39, 0.29) is 19.4 Å². The molecule has 392 valence electrons. The van der Waals surface area contributed by atoms with Crippen molar-refractivity contribution < 1.29 is 56.8 Å². The molecule has 1 saturated heterocycles. The summed E-state index contributed by atoms with van der Waals surface area (Å²) in [7, 11) is -4.61. The Morgan fingerprint density at radius 3 is 1.41 bits per heavy atom. The lowest BCUT2D eigenvalue weighted by Gasteiger charge is -2.40. The highest BCUT2D eigenvalue weighted by Crippen LogP contribution is 2.24. The molecule has 1 aliphatic heterocycles. The van der Waals surface area contributed by atoms with Crippen molar-refractivity contribution in [1.82, 2.24) is 0 Å². The van der Waals surface area contributed by atoms with Crippen LogP contribution in [-0.4, -0.2) is 96.0 Å². The van der Waals surface area contributed by atoms with Gasteiger partial charge in [-0.15, -0.1) is 0 Å². The van der Waals surface area contributed by atoms with Gasteiger partial charge in [-0.3, -0.25) is 14.1 Å². The second-order valence-electron chi connectivity index (χ2n) is 18.2. The minimum atomic E-state index is -4.61. The number of unbranched alkanes of at least 4 members (excludes halogenated alkanes) is 20. The van der Waals surface area contributed by atoms with Gasteiger partial charge in [0.2, 0.25) is 0 Å². The van der Waals surface area contributed by atoms with Gasteiger partial charge in [0.15, 0.2) is 12.4 Å². The molecule has 1 rings (SSSR count). The summed E-state index contributed by atoms with van der Waals surface area (Å²) in [4.78, 5) is 25.5. The second kappa shape index (κ2) is 44.1. The molecule has 0 bridgehead atoms. The van der Waals surface area contributed by atoms with Crippen LogP contribution >= 0.6 is 0 Å². The zero-order chi connectivity index (χ0) is 49.8. The quantitative estimate of drug-likeness (QED) is 0.0196. The monoisotopic (exact) mass is 979 g/mol. The van der Waals surface area contributed by atoms with E-state index in [1.807, 2.05) is 0 Å². The molecule has 0 spiro atoms. The van der Waals surface area contributed by atoms with Crippen LogP contribution in [-0.2, 0) is 38.7 Å². The zero-order valence-electron chi connectivity index (χ0n) is 42.2. The molecule has 0 aromatic rings. The van der Waals surface area contributed by atoms with E-state index in [4.69, 9.17) is 18.9 Å². The molecule has 0 aliphatic carbocycles. The SMILES string of the molecule is CC/C=C\C/C=C\C/C=C\C/C=C\C/C=C\CCCCCC(=O)OC(COC(=O)CCCCCCCCCCC/C=C\CCCCCCCCCC)COC1OC(CS(=O)(=O)O)C(O)C(O)C1O. The summed E-state index contributed by atoms with van der Waals surface area (Å²) in [6.45, 7) is 3.64. The lowest BCUT2D eigenvalue weighted by atomic mass is 10.00. The third-order valence-electron chi connectivity index (χ3n) is 11.8. The fourth-order valence-corrected chi connectivity index (χ4v) is 8.39. The van der Waals surface area contributed by atoms with Gasteiger partial charge in [-0.2, -0.15) is 8.42 Å². The van der Waals surface area contributed by atoms with Gasteiger partial charge in [-0.1, -0.05) is 183 Å². The normalized spacial score (nSPS) is 19.8. The number of hydrogen-bond acceptors (Lipinski definition) is 11. The molecule has 0 aromatic heterocycles. The molecule has 0 aromatic carbocycles. The van der Waals surface area contributed by atoms with Gasteiger partial charge >= 0.3 is 11.9 Å². The summed E-state index contributed by atoms with van der Waals surface area (Å²) in [5, 5.41) is 31.0. The lowest BCUT2D eigenvalue weighted by molar-refractivity contribution is -0.297. The summed E-state index contributed by atoms with van der Waals surface area (Å²) in [5.41, 5.74) is 0. The van der Waals surface area contributed by atoms with Crippen LogP contribution in [0.5, 0.6) is 0 Å². The van der Waals surface area contributed by atoms with Gasteiger partial charge in [0.25, 0.3) is 10.1 Å². The van der Waals surface area contributed by atoms with Crippen LogP contribution in [0.3, 0.4) is 0 Å². The number of esters is 2. The molecule has 0 saturated carbocycles. The molecule has 0 radical (unpaired) electrons. The Balaban J connectivity index is 2.39. The highest BCUT2D eigenvalue weighted by atomic mass is 32.2. The highest BCUT2D eigenvalue weighted by molar-refractivity contribution is 7.85. The van der Waals surface area contributed by atoms with E-state index in [2.05, 4.69) is 86.8 Å². The number of aliphatic hydroxyl groups is 3. The Labute approximate surface area is 412 Å². The number of allylic oxidation sites excluding steroid dienone is 12. The van der Waals surface area contributed by atoms with E-state index in [0.717, 1.165) is 70.6 Å². The van der Waals surface area contributed by atoms with Crippen molar-refractivity contribution in [2.24, 2.45) is 0 Å². The van der Waals surface area contributed by atoms with Gasteiger partial charge in [0.05, 0.1) is 6.61 Å². The van der Waals surface area contributed by atoms with Crippen LogP contribution in [0, 0.1) is 0 Å². The van der Waals surface area contributed by atoms with Gasteiger partial charge in [0.1, 0.15) is 36.8 Å². The molecule has 6 atom stereocenters. The molecule has 4 N–H and O–H groups in total. The summed E-state index contributed by atoms with van der Waals surface area (Å²) in [5.74, 6) is -2.03. The molecule has 6 unspecified atom stereocenters. The first-order valence-corrected chi connectivity index (χ1v) is 28.1. The van der Waals surface area contributed by atoms with Crippen LogP contribution in [0.4, 0.5) is 0 Å². The van der Waals surface area contributed by atoms with E-state index < -0.39 is 71.2 Å². The Morgan fingerprint density at radius 2 is 0.926 bits per heavy atom. The molecule has 68 heavy (non-hydrogen) atoms. The first-order valence-electron chi connectivity index (χ1n) is 26.5. The van der Waals surface area contributed by atoms with Crippen molar-refractivity contribution in [2.45, 2.75) is 243 Å². The molecule has 12 nitrogen and oxygen atoms in total. The summed E-state index contributed by atoms with van der Waals surface area (Å²) >= 11 is 0. The number of rotatable bonds is 44. The number of aliphatic hydroxyl groups excluding tert-OH is 3. The first-order chi connectivity index (χ1) is 33.0. The predicted molar refractivity (Wildman–Crippen MR) is 275 cm³/mol. The van der Waals surface area contributed by atoms with Crippen LogP contribution < -0.4 is 0 Å². The minimum Gasteiger partial charge on any atom is -0.462 e. The molecular formula is C55H94O12S. The van der Waals surface area contributed by atoms with Crippen molar-refractivity contribution in [1.29, 1.82) is 0 Å². The zero-order valence-corrected chi connectivity index (χ0v) is 43.0.